The Balaban J connectivity index is 1.76. The van der Waals surface area contributed by atoms with Crippen molar-refractivity contribution in [2.75, 3.05) is 52.4 Å². The monoisotopic (exact) mass is 478 g/mol. The Hall–Kier alpha value is -2.20. The third kappa shape index (κ3) is 7.66. The number of hydrogen-bond donors (Lipinski definition) is 0. The molecule has 2 unspecified atom stereocenters. The van der Waals surface area contributed by atoms with Crippen molar-refractivity contribution in [2.24, 2.45) is 0 Å². The molecule has 3 rings (SSSR count). The molecular weight excluding hydrogens is 440 g/mol. The van der Waals surface area contributed by atoms with Crippen molar-refractivity contribution in [1.29, 1.82) is 0 Å². The predicted octanol–water partition coefficient (Wildman–Crippen LogP) is -1.57. The van der Waals surface area contributed by atoms with E-state index in [0.717, 1.165) is 51.4 Å². The van der Waals surface area contributed by atoms with Gasteiger partial charge in [0.05, 0.1) is 25.0 Å². The van der Waals surface area contributed by atoms with E-state index in [1.54, 1.807) is 19.6 Å². The highest BCUT2D eigenvalue weighted by Gasteiger charge is 2.37. The molecule has 3 aliphatic rings. The Labute approximate surface area is 201 Å². The highest BCUT2D eigenvalue weighted by Crippen LogP contribution is 2.28. The molecule has 1 saturated carbocycles. The normalized spacial score (nSPS) is 23.8. The number of carbonyl (C=O) groups is 4. The third-order valence-corrected chi connectivity index (χ3v) is 7.39. The quantitative estimate of drug-likeness (QED) is 0.368. The van der Waals surface area contributed by atoms with Gasteiger partial charge in [0.25, 0.3) is 0 Å². The molecule has 0 bridgehead atoms. The summed E-state index contributed by atoms with van der Waals surface area (Å²) in [7, 11) is 0. The number of likely N-dealkylation sites (tertiary alicyclic amines) is 2. The van der Waals surface area contributed by atoms with Gasteiger partial charge < -0.3 is 29.6 Å². The number of amides is 2. The van der Waals surface area contributed by atoms with E-state index < -0.39 is 25.0 Å². The van der Waals surface area contributed by atoms with Crippen LogP contribution in [0.5, 0.6) is 0 Å². The zero-order chi connectivity index (χ0) is 24.5. The van der Waals surface area contributed by atoms with E-state index >= 15 is 0 Å². The van der Waals surface area contributed by atoms with Gasteiger partial charge in [-0.2, -0.15) is 0 Å². The van der Waals surface area contributed by atoms with Crippen LogP contribution in [-0.2, 0) is 19.2 Å². The molecule has 3 fully saturated rings. The van der Waals surface area contributed by atoms with Gasteiger partial charge in [0.1, 0.15) is 0 Å². The number of carboxylic acid groups (broad SMARTS) is 2. The van der Waals surface area contributed by atoms with Crippen molar-refractivity contribution in [3.8, 4) is 0 Å². The van der Waals surface area contributed by atoms with Gasteiger partial charge in [-0.25, -0.2) is 0 Å². The summed E-state index contributed by atoms with van der Waals surface area (Å²) in [6.45, 7) is 1.80. The van der Waals surface area contributed by atoms with Gasteiger partial charge in [-0.3, -0.25) is 19.4 Å². The van der Waals surface area contributed by atoms with Crippen LogP contribution in [0.4, 0.5) is 0 Å². The second kappa shape index (κ2) is 13.0. The Kier molecular flexibility index (Phi) is 10.1. The van der Waals surface area contributed by atoms with E-state index in [4.69, 9.17) is 0 Å². The molecular formula is C24H38N4O6-2. The Morgan fingerprint density at radius 3 is 1.24 bits per heavy atom. The molecule has 1 aliphatic carbocycles. The summed E-state index contributed by atoms with van der Waals surface area (Å²) in [6, 6.07) is -0.706. The van der Waals surface area contributed by atoms with Gasteiger partial charge in [-0.1, -0.05) is 12.8 Å². The second-order valence-corrected chi connectivity index (χ2v) is 9.86. The zero-order valence-corrected chi connectivity index (χ0v) is 20.1. The number of piperidine rings is 2. The standard InChI is InChI=1S/C24H40N4O6/c29-21(25-11-5-1-6-12-25)15-27(17-23(31)32)19-9-3-4-10-20(19)28(18-24(33)34)16-22(30)26-13-7-2-8-14-26/h19-20H,1-18H2,(H,31,32)(H,33,34)/p-2. The minimum Gasteiger partial charge on any atom is -0.549 e. The van der Waals surface area contributed by atoms with Gasteiger partial charge in [-0.05, 0) is 51.4 Å². The smallest absolute Gasteiger partial charge is 0.236 e. The summed E-state index contributed by atoms with van der Waals surface area (Å²) < 4.78 is 0. The maximum atomic E-state index is 13.0. The van der Waals surface area contributed by atoms with Crippen LogP contribution in [-0.4, -0.2) is 108 Å². The molecule has 2 amide bonds. The van der Waals surface area contributed by atoms with Crippen LogP contribution >= 0.6 is 0 Å². The Bertz CT molecular complexity index is 660. The van der Waals surface area contributed by atoms with Crippen molar-refractivity contribution < 1.29 is 29.4 Å². The third-order valence-electron chi connectivity index (χ3n) is 7.39. The van der Waals surface area contributed by atoms with Crippen LogP contribution in [0.1, 0.15) is 64.2 Å². The number of carboxylic acids is 2. The van der Waals surface area contributed by atoms with Crippen LogP contribution in [0, 0.1) is 0 Å². The number of rotatable bonds is 10. The highest BCUT2D eigenvalue weighted by molar-refractivity contribution is 5.80. The lowest BCUT2D eigenvalue weighted by Crippen LogP contribution is -2.60. The van der Waals surface area contributed by atoms with Crippen molar-refractivity contribution >= 4 is 23.8 Å². The summed E-state index contributed by atoms with van der Waals surface area (Å²) in [6.07, 6.45) is 8.89. The molecule has 2 atom stereocenters. The second-order valence-electron chi connectivity index (χ2n) is 9.86. The lowest BCUT2D eigenvalue weighted by molar-refractivity contribution is -0.309. The minimum atomic E-state index is -1.27. The maximum Gasteiger partial charge on any atom is 0.236 e. The van der Waals surface area contributed by atoms with E-state index in [0.29, 0.717) is 39.0 Å². The van der Waals surface area contributed by atoms with Crippen LogP contribution in [0.15, 0.2) is 0 Å². The first-order chi connectivity index (χ1) is 16.3. The van der Waals surface area contributed by atoms with Gasteiger partial charge in [-0.15, -0.1) is 0 Å². The lowest BCUT2D eigenvalue weighted by Gasteiger charge is -2.46. The van der Waals surface area contributed by atoms with Crippen LogP contribution < -0.4 is 10.2 Å². The molecule has 10 heteroatoms. The highest BCUT2D eigenvalue weighted by atomic mass is 16.4. The van der Waals surface area contributed by atoms with E-state index in [9.17, 15) is 29.4 Å². The van der Waals surface area contributed by atoms with Crippen LogP contribution in [0.2, 0.25) is 0 Å². The molecule has 0 spiro atoms. The summed E-state index contributed by atoms with van der Waals surface area (Å²) in [5.74, 6) is -2.76. The fourth-order valence-electron chi connectivity index (χ4n) is 5.69. The van der Waals surface area contributed by atoms with Gasteiger partial charge in [0, 0.05) is 51.4 Å². The van der Waals surface area contributed by atoms with Crippen LogP contribution in [0.3, 0.4) is 0 Å². The first-order valence-electron chi connectivity index (χ1n) is 12.8. The molecule has 34 heavy (non-hydrogen) atoms. The molecule has 10 nitrogen and oxygen atoms in total. The first kappa shape index (κ1) is 26.4. The van der Waals surface area contributed by atoms with E-state index in [2.05, 4.69) is 0 Å². The number of nitrogens with zero attached hydrogens (tertiary/aromatic N) is 4. The van der Waals surface area contributed by atoms with Crippen molar-refractivity contribution in [3.63, 3.8) is 0 Å². The predicted molar refractivity (Wildman–Crippen MR) is 120 cm³/mol. The van der Waals surface area contributed by atoms with Gasteiger partial charge >= 0.3 is 0 Å². The fraction of sp³-hybridized carbons (Fsp3) is 0.833. The molecule has 192 valence electrons. The van der Waals surface area contributed by atoms with Crippen LogP contribution in [0.25, 0.3) is 0 Å². The number of carbonyl (C=O) groups excluding carboxylic acids is 4. The summed E-state index contributed by atoms with van der Waals surface area (Å²) in [5.41, 5.74) is 0. The lowest BCUT2D eigenvalue weighted by atomic mass is 9.87. The maximum absolute atomic E-state index is 13.0. The molecule has 2 heterocycles. The Morgan fingerprint density at radius 2 is 0.912 bits per heavy atom. The molecule has 0 aromatic carbocycles. The fourth-order valence-corrected chi connectivity index (χ4v) is 5.69. The summed E-state index contributed by atoms with van der Waals surface area (Å²) >= 11 is 0. The molecule has 0 radical (unpaired) electrons. The van der Waals surface area contributed by atoms with Gasteiger partial charge in [0.15, 0.2) is 0 Å². The topological polar surface area (TPSA) is 127 Å². The number of hydrogen-bond acceptors (Lipinski definition) is 8. The summed E-state index contributed by atoms with van der Waals surface area (Å²) in [4.78, 5) is 55.9. The first-order valence-corrected chi connectivity index (χ1v) is 12.8. The zero-order valence-electron chi connectivity index (χ0n) is 20.1. The van der Waals surface area contributed by atoms with Crippen molar-refractivity contribution in [1.82, 2.24) is 19.6 Å². The molecule has 0 aromatic heterocycles. The summed E-state index contributed by atoms with van der Waals surface area (Å²) in [5, 5.41) is 23.2. The SMILES string of the molecule is O=C([O-])CN(CC(=O)N1CCCCC1)C1CCCCC1N(CC(=O)[O-])CC(=O)N1CCCCC1. The van der Waals surface area contributed by atoms with Crippen molar-refractivity contribution in [2.45, 2.75) is 76.3 Å². The van der Waals surface area contributed by atoms with E-state index in [1.165, 1.54) is 0 Å². The largest absolute Gasteiger partial charge is 0.549 e. The molecule has 2 aliphatic heterocycles. The van der Waals surface area contributed by atoms with E-state index in [1.807, 2.05) is 0 Å². The van der Waals surface area contributed by atoms with Gasteiger partial charge in [0.2, 0.25) is 11.8 Å². The van der Waals surface area contributed by atoms with Crippen molar-refractivity contribution in [3.05, 3.63) is 0 Å². The average molecular weight is 479 g/mol. The Morgan fingerprint density at radius 1 is 0.559 bits per heavy atom. The molecule has 0 aromatic rings. The molecule has 0 N–H and O–H groups in total. The minimum absolute atomic E-state index is 0.0472. The average Bonchev–Trinajstić information content (AvgIpc) is 2.83. The molecule has 2 saturated heterocycles. The van der Waals surface area contributed by atoms with E-state index in [-0.39, 0.29) is 37.0 Å². The number of aliphatic carboxylic acids is 2.